The highest BCUT2D eigenvalue weighted by atomic mass is 79.9. The van der Waals surface area contributed by atoms with E-state index in [0.29, 0.717) is 25.4 Å². The Hall–Kier alpha value is -2.22. The van der Waals surface area contributed by atoms with Crippen molar-refractivity contribution < 1.29 is 14.3 Å². The minimum absolute atomic E-state index is 0.0542. The molecule has 1 amide bonds. The average Bonchev–Trinajstić information content (AvgIpc) is 3.24. The van der Waals surface area contributed by atoms with Crippen LogP contribution in [-0.2, 0) is 4.74 Å². The molecule has 1 unspecified atom stereocenters. The Balaban J connectivity index is 1.48. The van der Waals surface area contributed by atoms with Crippen LogP contribution in [0.1, 0.15) is 22.2 Å². The summed E-state index contributed by atoms with van der Waals surface area (Å²) in [4.78, 5) is 19.3. The van der Waals surface area contributed by atoms with Gasteiger partial charge in [-0.2, -0.15) is 0 Å². The van der Waals surface area contributed by atoms with Gasteiger partial charge in [0.25, 0.3) is 5.91 Å². The SMILES string of the molecule is COc1ccc(-c2nc(C(=O)N3CCOC(c4ccc(Br)cc4)C3)cs2)cc1. The number of hydrogen-bond donors (Lipinski definition) is 0. The zero-order valence-electron chi connectivity index (χ0n) is 15.3. The lowest BCUT2D eigenvalue weighted by molar-refractivity contribution is -0.0229. The molecular weight excluding hydrogens is 440 g/mol. The number of nitrogens with zero attached hydrogens (tertiary/aromatic N) is 2. The maximum Gasteiger partial charge on any atom is 0.273 e. The first-order chi connectivity index (χ1) is 13.6. The normalized spacial score (nSPS) is 16.8. The molecule has 0 radical (unpaired) electrons. The number of benzene rings is 2. The van der Waals surface area contributed by atoms with Crippen LogP contribution in [0.2, 0.25) is 0 Å². The van der Waals surface area contributed by atoms with Gasteiger partial charge in [-0.15, -0.1) is 11.3 Å². The lowest BCUT2D eigenvalue weighted by atomic mass is 10.1. The van der Waals surface area contributed by atoms with Crippen molar-refractivity contribution in [2.24, 2.45) is 0 Å². The Morgan fingerprint density at radius 3 is 2.68 bits per heavy atom. The maximum absolute atomic E-state index is 13.0. The van der Waals surface area contributed by atoms with Crippen LogP contribution in [0, 0.1) is 0 Å². The molecule has 2 heterocycles. The molecule has 1 aromatic heterocycles. The third-order valence-electron chi connectivity index (χ3n) is 4.66. The van der Waals surface area contributed by atoms with Gasteiger partial charge >= 0.3 is 0 Å². The molecule has 7 heteroatoms. The van der Waals surface area contributed by atoms with E-state index < -0.39 is 0 Å². The highest BCUT2D eigenvalue weighted by molar-refractivity contribution is 9.10. The van der Waals surface area contributed by atoms with Crippen LogP contribution in [0.3, 0.4) is 0 Å². The number of amides is 1. The molecule has 1 aliphatic rings. The second kappa shape index (κ2) is 8.43. The summed E-state index contributed by atoms with van der Waals surface area (Å²) in [5.74, 6) is 0.741. The van der Waals surface area contributed by atoms with E-state index in [1.807, 2.05) is 58.8 Å². The predicted molar refractivity (Wildman–Crippen MR) is 113 cm³/mol. The van der Waals surface area contributed by atoms with Crippen molar-refractivity contribution in [1.29, 1.82) is 0 Å². The summed E-state index contributed by atoms with van der Waals surface area (Å²) in [6, 6.07) is 15.7. The van der Waals surface area contributed by atoms with Gasteiger partial charge in [0.15, 0.2) is 0 Å². The molecule has 5 nitrogen and oxygen atoms in total. The molecule has 2 aromatic carbocycles. The van der Waals surface area contributed by atoms with Crippen LogP contribution in [0.15, 0.2) is 58.4 Å². The van der Waals surface area contributed by atoms with E-state index in [0.717, 1.165) is 26.4 Å². The molecular formula is C21H19BrN2O3S. The fraction of sp³-hybridized carbons (Fsp3) is 0.238. The smallest absolute Gasteiger partial charge is 0.273 e. The molecule has 28 heavy (non-hydrogen) atoms. The van der Waals surface area contributed by atoms with E-state index in [1.54, 1.807) is 7.11 Å². The standard InChI is InChI=1S/C21H19BrN2O3S/c1-26-17-8-4-15(5-9-17)20-23-18(13-28-20)21(25)24-10-11-27-19(12-24)14-2-6-16(22)7-3-14/h2-9,13,19H,10-12H2,1H3. The van der Waals surface area contributed by atoms with Gasteiger partial charge in [0.2, 0.25) is 0 Å². The Labute approximate surface area is 176 Å². The molecule has 3 aromatic rings. The van der Waals surface area contributed by atoms with Crippen molar-refractivity contribution >= 4 is 33.2 Å². The Kier molecular flexibility index (Phi) is 5.75. The summed E-state index contributed by atoms with van der Waals surface area (Å²) in [5, 5.41) is 2.65. The van der Waals surface area contributed by atoms with Crippen molar-refractivity contribution in [2.75, 3.05) is 26.8 Å². The predicted octanol–water partition coefficient (Wildman–Crippen LogP) is 4.79. The van der Waals surface area contributed by atoms with Crippen molar-refractivity contribution in [3.8, 4) is 16.3 Å². The summed E-state index contributed by atoms with van der Waals surface area (Å²) in [6.07, 6.45) is -0.120. The van der Waals surface area contributed by atoms with E-state index in [2.05, 4.69) is 20.9 Å². The lowest BCUT2D eigenvalue weighted by Gasteiger charge is -2.32. The molecule has 0 bridgehead atoms. The third kappa shape index (κ3) is 4.11. The van der Waals surface area contributed by atoms with Crippen LogP contribution in [0.25, 0.3) is 10.6 Å². The number of carbonyl (C=O) groups excluding carboxylic acids is 1. The first-order valence-electron chi connectivity index (χ1n) is 8.90. The number of methoxy groups -OCH3 is 1. The van der Waals surface area contributed by atoms with Gasteiger partial charge in [0, 0.05) is 22.0 Å². The monoisotopic (exact) mass is 458 g/mol. The summed E-state index contributed by atoms with van der Waals surface area (Å²) < 4.78 is 12.1. The number of aromatic nitrogens is 1. The van der Waals surface area contributed by atoms with Gasteiger partial charge in [-0.25, -0.2) is 4.98 Å². The number of thiazole rings is 1. The molecule has 144 valence electrons. The van der Waals surface area contributed by atoms with Gasteiger partial charge in [-0.3, -0.25) is 4.79 Å². The largest absolute Gasteiger partial charge is 0.497 e. The molecule has 0 spiro atoms. The van der Waals surface area contributed by atoms with Crippen molar-refractivity contribution in [1.82, 2.24) is 9.88 Å². The first kappa shape index (κ1) is 19.1. The first-order valence-corrected chi connectivity index (χ1v) is 10.6. The Bertz CT molecular complexity index is 957. The fourth-order valence-corrected chi connectivity index (χ4v) is 4.18. The molecule has 1 fully saturated rings. The number of halogens is 1. The third-order valence-corrected chi connectivity index (χ3v) is 6.08. The average molecular weight is 459 g/mol. The van der Waals surface area contributed by atoms with E-state index in [-0.39, 0.29) is 12.0 Å². The summed E-state index contributed by atoms with van der Waals surface area (Å²) >= 11 is 4.92. The summed E-state index contributed by atoms with van der Waals surface area (Å²) in [5.41, 5.74) is 2.52. The maximum atomic E-state index is 13.0. The van der Waals surface area contributed by atoms with Crippen LogP contribution in [0.5, 0.6) is 5.75 Å². The molecule has 0 N–H and O–H groups in total. The molecule has 0 saturated carbocycles. The van der Waals surface area contributed by atoms with Crippen LogP contribution in [0.4, 0.5) is 0 Å². The fourth-order valence-electron chi connectivity index (χ4n) is 3.11. The van der Waals surface area contributed by atoms with E-state index in [4.69, 9.17) is 9.47 Å². The highest BCUT2D eigenvalue weighted by Crippen LogP contribution is 2.28. The Morgan fingerprint density at radius 1 is 1.21 bits per heavy atom. The number of ether oxygens (including phenoxy) is 2. The van der Waals surface area contributed by atoms with Gasteiger partial charge in [0.05, 0.1) is 20.3 Å². The van der Waals surface area contributed by atoms with Crippen LogP contribution < -0.4 is 4.74 Å². The molecule has 0 aliphatic carbocycles. The number of morpholine rings is 1. The molecule has 1 aliphatic heterocycles. The van der Waals surface area contributed by atoms with Crippen LogP contribution >= 0.6 is 27.3 Å². The van der Waals surface area contributed by atoms with Crippen LogP contribution in [-0.4, -0.2) is 42.6 Å². The second-order valence-corrected chi connectivity index (χ2v) is 8.20. The van der Waals surface area contributed by atoms with E-state index in [9.17, 15) is 4.79 Å². The number of hydrogen-bond acceptors (Lipinski definition) is 5. The number of rotatable bonds is 4. The zero-order valence-corrected chi connectivity index (χ0v) is 17.7. The summed E-state index contributed by atoms with van der Waals surface area (Å²) in [7, 11) is 1.64. The molecule has 4 rings (SSSR count). The second-order valence-electron chi connectivity index (χ2n) is 6.43. The minimum Gasteiger partial charge on any atom is -0.497 e. The lowest BCUT2D eigenvalue weighted by Crippen LogP contribution is -2.42. The van der Waals surface area contributed by atoms with Crippen molar-refractivity contribution in [3.05, 3.63) is 69.6 Å². The quantitative estimate of drug-likeness (QED) is 0.563. The van der Waals surface area contributed by atoms with Gasteiger partial charge in [-0.05, 0) is 42.0 Å². The Morgan fingerprint density at radius 2 is 1.96 bits per heavy atom. The number of carbonyl (C=O) groups is 1. The van der Waals surface area contributed by atoms with E-state index in [1.165, 1.54) is 11.3 Å². The molecule has 1 saturated heterocycles. The molecule has 1 atom stereocenters. The topological polar surface area (TPSA) is 51.7 Å². The van der Waals surface area contributed by atoms with Gasteiger partial charge in [0.1, 0.15) is 22.6 Å². The van der Waals surface area contributed by atoms with Gasteiger partial charge in [-0.1, -0.05) is 28.1 Å². The van der Waals surface area contributed by atoms with Crippen molar-refractivity contribution in [3.63, 3.8) is 0 Å². The summed E-state index contributed by atoms with van der Waals surface area (Å²) in [6.45, 7) is 1.61. The van der Waals surface area contributed by atoms with Gasteiger partial charge < -0.3 is 14.4 Å². The van der Waals surface area contributed by atoms with E-state index >= 15 is 0 Å². The van der Waals surface area contributed by atoms with Crippen molar-refractivity contribution in [2.45, 2.75) is 6.10 Å². The minimum atomic E-state index is -0.120. The highest BCUT2D eigenvalue weighted by Gasteiger charge is 2.27. The zero-order chi connectivity index (χ0) is 19.5.